The largest absolute Gasteiger partial charge is 0.312 e. The average Bonchev–Trinajstić information content (AvgIpc) is 2.37. The lowest BCUT2D eigenvalue weighted by atomic mass is 9.81. The van der Waals surface area contributed by atoms with E-state index in [2.05, 4.69) is 57.3 Å². The molecule has 0 amide bonds. The Morgan fingerprint density at radius 1 is 1.21 bits per heavy atom. The fourth-order valence-corrected chi connectivity index (χ4v) is 4.96. The van der Waals surface area contributed by atoms with E-state index in [0.717, 1.165) is 6.42 Å². The normalized spacial score (nSPS) is 28.8. The summed E-state index contributed by atoms with van der Waals surface area (Å²) < 4.78 is 12.7. The second kappa shape index (κ2) is 5.37. The summed E-state index contributed by atoms with van der Waals surface area (Å²) >= 11 is 0. The predicted molar refractivity (Wildman–Crippen MR) is 83.0 cm³/mol. The molecule has 0 spiro atoms. The molecule has 0 saturated heterocycles. The lowest BCUT2D eigenvalue weighted by Crippen LogP contribution is -2.43. The Morgan fingerprint density at radius 3 is 2.32 bits per heavy atom. The van der Waals surface area contributed by atoms with Crippen LogP contribution in [0.4, 0.5) is 0 Å². The molecule has 2 nitrogen and oxygen atoms in total. The van der Waals surface area contributed by atoms with Gasteiger partial charge in [-0.3, -0.25) is 4.21 Å². The van der Waals surface area contributed by atoms with Crippen molar-refractivity contribution >= 4 is 10.8 Å². The smallest absolute Gasteiger partial charge is 0.0553 e. The molecule has 1 aliphatic rings. The molecule has 3 heteroatoms. The maximum absolute atomic E-state index is 12.8. The van der Waals surface area contributed by atoms with Crippen molar-refractivity contribution in [3.8, 4) is 0 Å². The SMILES string of the molecule is CNC1c2ccccc2C(C)CC1S(=O)C(C)(C)C. The standard InChI is InChI=1S/C16H25NOS/c1-11-10-14(19(18)16(2,3)4)15(17-5)13-9-7-6-8-12(11)13/h6-9,11,14-15,17H,10H2,1-5H3. The van der Waals surface area contributed by atoms with Gasteiger partial charge in [0.15, 0.2) is 0 Å². The Balaban J connectivity index is 2.42. The van der Waals surface area contributed by atoms with Crippen molar-refractivity contribution in [3.05, 3.63) is 35.4 Å². The first-order valence-corrected chi connectivity index (χ1v) is 8.24. The molecule has 1 N–H and O–H groups in total. The van der Waals surface area contributed by atoms with Crippen LogP contribution in [0.5, 0.6) is 0 Å². The number of rotatable bonds is 2. The van der Waals surface area contributed by atoms with Crippen molar-refractivity contribution in [2.24, 2.45) is 0 Å². The molecule has 0 heterocycles. The average molecular weight is 279 g/mol. The van der Waals surface area contributed by atoms with Gasteiger partial charge in [0.2, 0.25) is 0 Å². The summed E-state index contributed by atoms with van der Waals surface area (Å²) in [6.45, 7) is 8.46. The number of hydrogen-bond acceptors (Lipinski definition) is 2. The summed E-state index contributed by atoms with van der Waals surface area (Å²) in [5, 5.41) is 3.58. The zero-order chi connectivity index (χ0) is 14.2. The van der Waals surface area contributed by atoms with Gasteiger partial charge in [0, 0.05) is 21.6 Å². The number of nitrogens with one attached hydrogen (secondary N) is 1. The van der Waals surface area contributed by atoms with Gasteiger partial charge in [0.1, 0.15) is 0 Å². The van der Waals surface area contributed by atoms with E-state index in [1.165, 1.54) is 11.1 Å². The Labute approximate surface area is 119 Å². The van der Waals surface area contributed by atoms with Crippen molar-refractivity contribution in [1.29, 1.82) is 0 Å². The van der Waals surface area contributed by atoms with Crippen molar-refractivity contribution in [2.45, 2.75) is 56.1 Å². The van der Waals surface area contributed by atoms with Crippen LogP contribution in [0.15, 0.2) is 24.3 Å². The molecular formula is C16H25NOS. The lowest BCUT2D eigenvalue weighted by molar-refractivity contribution is 0.457. The van der Waals surface area contributed by atoms with Crippen LogP contribution >= 0.6 is 0 Å². The van der Waals surface area contributed by atoms with E-state index < -0.39 is 10.8 Å². The van der Waals surface area contributed by atoms with Crippen molar-refractivity contribution in [1.82, 2.24) is 5.32 Å². The van der Waals surface area contributed by atoms with E-state index in [1.807, 2.05) is 7.05 Å². The molecule has 0 saturated carbocycles. The van der Waals surface area contributed by atoms with Crippen LogP contribution in [0.25, 0.3) is 0 Å². The highest BCUT2D eigenvalue weighted by Crippen LogP contribution is 2.41. The van der Waals surface area contributed by atoms with Crippen LogP contribution in [-0.4, -0.2) is 21.3 Å². The summed E-state index contributed by atoms with van der Waals surface area (Å²) in [5.74, 6) is 0.483. The molecule has 0 aromatic heterocycles. The fraction of sp³-hybridized carbons (Fsp3) is 0.625. The molecule has 1 aromatic rings. The fourth-order valence-electron chi connectivity index (χ4n) is 3.06. The summed E-state index contributed by atoms with van der Waals surface area (Å²) in [7, 11) is 1.13. The van der Waals surface area contributed by atoms with Crippen molar-refractivity contribution in [2.75, 3.05) is 7.05 Å². The zero-order valence-corrected chi connectivity index (χ0v) is 13.4. The Kier molecular flexibility index (Phi) is 4.17. The van der Waals surface area contributed by atoms with E-state index in [0.29, 0.717) is 5.92 Å². The van der Waals surface area contributed by atoms with Crippen LogP contribution in [-0.2, 0) is 10.8 Å². The first-order chi connectivity index (χ1) is 8.86. The molecule has 0 bridgehead atoms. The van der Waals surface area contributed by atoms with Gasteiger partial charge >= 0.3 is 0 Å². The van der Waals surface area contributed by atoms with Gasteiger partial charge in [0.05, 0.1) is 5.25 Å². The van der Waals surface area contributed by atoms with Gasteiger partial charge in [0.25, 0.3) is 0 Å². The van der Waals surface area contributed by atoms with Crippen LogP contribution in [0.2, 0.25) is 0 Å². The van der Waals surface area contributed by atoms with Crippen molar-refractivity contribution in [3.63, 3.8) is 0 Å². The van der Waals surface area contributed by atoms with Gasteiger partial charge < -0.3 is 5.32 Å². The lowest BCUT2D eigenvalue weighted by Gasteiger charge is -2.39. The second-order valence-corrected chi connectivity index (χ2v) is 8.91. The van der Waals surface area contributed by atoms with Crippen LogP contribution in [0, 0.1) is 0 Å². The minimum absolute atomic E-state index is 0.161. The van der Waals surface area contributed by atoms with E-state index in [9.17, 15) is 4.21 Å². The molecular weight excluding hydrogens is 254 g/mol. The highest BCUT2D eigenvalue weighted by atomic mass is 32.2. The molecule has 0 aliphatic heterocycles. The third-order valence-electron chi connectivity index (χ3n) is 4.01. The molecule has 0 radical (unpaired) electrons. The maximum atomic E-state index is 12.8. The highest BCUT2D eigenvalue weighted by Gasteiger charge is 2.39. The minimum Gasteiger partial charge on any atom is -0.312 e. The van der Waals surface area contributed by atoms with Crippen LogP contribution in [0.1, 0.15) is 57.2 Å². The molecule has 19 heavy (non-hydrogen) atoms. The Hall–Kier alpha value is -0.670. The van der Waals surface area contributed by atoms with Gasteiger partial charge in [-0.15, -0.1) is 0 Å². The topological polar surface area (TPSA) is 29.1 Å². The molecule has 4 unspecified atom stereocenters. The molecule has 106 valence electrons. The van der Waals surface area contributed by atoms with E-state index in [1.54, 1.807) is 0 Å². The number of hydrogen-bond donors (Lipinski definition) is 1. The summed E-state index contributed by atoms with van der Waals surface area (Å²) in [6, 6.07) is 8.77. The summed E-state index contributed by atoms with van der Waals surface area (Å²) in [5.41, 5.74) is 2.73. The molecule has 1 aliphatic carbocycles. The monoisotopic (exact) mass is 279 g/mol. The summed E-state index contributed by atoms with van der Waals surface area (Å²) in [4.78, 5) is 0. The molecule has 2 rings (SSSR count). The minimum atomic E-state index is -0.844. The molecule has 0 fully saturated rings. The first-order valence-electron chi connectivity index (χ1n) is 7.03. The van der Waals surface area contributed by atoms with Gasteiger partial charge in [-0.05, 0) is 51.3 Å². The van der Waals surface area contributed by atoms with Gasteiger partial charge in [-0.1, -0.05) is 31.2 Å². The second-order valence-electron chi connectivity index (χ2n) is 6.48. The van der Waals surface area contributed by atoms with E-state index in [-0.39, 0.29) is 16.0 Å². The highest BCUT2D eigenvalue weighted by molar-refractivity contribution is 7.87. The van der Waals surface area contributed by atoms with E-state index in [4.69, 9.17) is 0 Å². The quantitative estimate of drug-likeness (QED) is 0.899. The van der Waals surface area contributed by atoms with Gasteiger partial charge in [-0.25, -0.2) is 0 Å². The van der Waals surface area contributed by atoms with Crippen LogP contribution in [0.3, 0.4) is 0 Å². The van der Waals surface area contributed by atoms with Crippen LogP contribution < -0.4 is 5.32 Å². The summed E-state index contributed by atoms with van der Waals surface area (Å²) in [6.07, 6.45) is 0.992. The van der Waals surface area contributed by atoms with Gasteiger partial charge in [-0.2, -0.15) is 0 Å². The predicted octanol–water partition coefficient (Wildman–Crippen LogP) is 3.37. The van der Waals surface area contributed by atoms with E-state index >= 15 is 0 Å². The Morgan fingerprint density at radius 2 is 1.79 bits per heavy atom. The number of fused-ring (bicyclic) bond motifs is 1. The molecule has 1 aromatic carbocycles. The van der Waals surface area contributed by atoms with Crippen molar-refractivity contribution < 1.29 is 4.21 Å². The third kappa shape index (κ3) is 2.77. The zero-order valence-electron chi connectivity index (χ0n) is 12.6. The third-order valence-corrected chi connectivity index (χ3v) is 6.23. The Bertz CT molecular complexity index is 478. The first kappa shape index (κ1) is 14.7. The maximum Gasteiger partial charge on any atom is 0.0553 e. The molecule has 4 atom stereocenters. The number of benzene rings is 1.